The maximum absolute atomic E-state index is 11.6. The summed E-state index contributed by atoms with van der Waals surface area (Å²) in [4.78, 5) is 73.4. The molecule has 2 aromatic heterocycles. The van der Waals surface area contributed by atoms with E-state index in [2.05, 4.69) is 48.3 Å². The number of carbonyl (C=O) groups is 4. The van der Waals surface area contributed by atoms with Crippen molar-refractivity contribution in [3.05, 3.63) is 80.1 Å². The third-order valence-corrected chi connectivity index (χ3v) is 13.2. The topological polar surface area (TPSA) is 260 Å². The fourth-order valence-electron chi connectivity index (χ4n) is 5.01. The van der Waals surface area contributed by atoms with Gasteiger partial charge in [-0.1, -0.05) is 77.0 Å². The van der Waals surface area contributed by atoms with Crippen LogP contribution in [0.3, 0.4) is 0 Å². The first-order valence-electron chi connectivity index (χ1n) is 22.9. The number of ketones is 4. The number of methoxy groups -OCH3 is 6. The molecular weight excluding hydrogens is 1060 g/mol. The van der Waals surface area contributed by atoms with Gasteiger partial charge in [-0.25, -0.2) is 9.97 Å². The molecule has 24 heteroatoms. The maximum atomic E-state index is 11.6. The number of ether oxygens (including phenoxy) is 6. The molecule has 2 heterocycles. The van der Waals surface area contributed by atoms with Gasteiger partial charge in [0.1, 0.15) is 23.1 Å². The van der Waals surface area contributed by atoms with Gasteiger partial charge in [0.25, 0.3) is 0 Å². The van der Waals surface area contributed by atoms with Crippen molar-refractivity contribution in [2.45, 2.75) is 156 Å². The summed E-state index contributed by atoms with van der Waals surface area (Å²) < 4.78 is 32.9. The molecule has 2 unspecified atom stereocenters. The Kier molecular flexibility index (Phi) is 43.9. The first-order chi connectivity index (χ1) is 35.0. The number of nitrogens with zero attached hydrogens (tertiary/aromatic N) is 4. The zero-order valence-electron chi connectivity index (χ0n) is 45.7. The molecular formula is C52H82N6O14S4. The van der Waals surface area contributed by atoms with E-state index in [0.29, 0.717) is 47.6 Å². The van der Waals surface area contributed by atoms with Crippen LogP contribution in [-0.4, -0.2) is 97.7 Å². The van der Waals surface area contributed by atoms with Crippen molar-refractivity contribution < 1.29 is 57.4 Å². The summed E-state index contributed by atoms with van der Waals surface area (Å²) in [7, 11) is 13.9. The third kappa shape index (κ3) is 28.5. The summed E-state index contributed by atoms with van der Waals surface area (Å²) in [6, 6.07) is 8.67. The Morgan fingerprint density at radius 2 is 0.816 bits per heavy atom. The minimum Gasteiger partial charge on any atom is -0.493 e. The Balaban J connectivity index is -0.000000535. The lowest BCUT2D eigenvalue weighted by atomic mass is 10.1. The molecule has 2 aromatic carbocycles. The Morgan fingerprint density at radius 1 is 0.539 bits per heavy atom. The number of pyridine rings is 2. The fraction of sp³-hybridized carbons (Fsp3) is 0.500. The Morgan fingerprint density at radius 3 is 1.04 bits per heavy atom. The molecule has 0 aliphatic carbocycles. The summed E-state index contributed by atoms with van der Waals surface area (Å²) in [5, 5.41) is 29.4. The van der Waals surface area contributed by atoms with Gasteiger partial charge in [0, 0.05) is 58.5 Å². The van der Waals surface area contributed by atoms with Crippen LogP contribution in [0, 0.1) is 20.2 Å². The van der Waals surface area contributed by atoms with Crippen LogP contribution in [0.4, 0.5) is 11.4 Å². The molecule has 0 saturated carbocycles. The molecule has 428 valence electrons. The van der Waals surface area contributed by atoms with Crippen LogP contribution >= 0.6 is 43.2 Å². The number of Topliss-reactive ketones (excluding diaryl/α,β-unsaturated/α-hetero) is 4. The van der Waals surface area contributed by atoms with Crippen molar-refractivity contribution in [2.24, 2.45) is 0 Å². The van der Waals surface area contributed by atoms with Gasteiger partial charge in [-0.2, -0.15) is 0 Å². The fourth-order valence-corrected chi connectivity index (χ4v) is 9.53. The van der Waals surface area contributed by atoms with Crippen molar-refractivity contribution in [1.82, 2.24) is 20.6 Å². The third-order valence-electron chi connectivity index (χ3n) is 8.49. The van der Waals surface area contributed by atoms with Gasteiger partial charge < -0.3 is 48.6 Å². The highest BCUT2D eigenvalue weighted by Crippen LogP contribution is 2.51. The largest absolute Gasteiger partial charge is 0.493 e. The van der Waals surface area contributed by atoms with E-state index in [9.17, 15) is 39.4 Å². The summed E-state index contributed by atoms with van der Waals surface area (Å²) in [5.41, 5.74) is 1.32. The lowest BCUT2D eigenvalue weighted by Gasteiger charge is -2.20. The molecule has 2 atom stereocenters. The lowest BCUT2D eigenvalue weighted by molar-refractivity contribution is -0.388. The van der Waals surface area contributed by atoms with Crippen LogP contribution in [0.1, 0.15) is 122 Å². The zero-order chi connectivity index (χ0) is 57.1. The van der Waals surface area contributed by atoms with Crippen molar-refractivity contribution in [1.29, 1.82) is 0 Å². The van der Waals surface area contributed by atoms with Crippen LogP contribution in [-0.2, 0) is 32.3 Å². The van der Waals surface area contributed by atoms with Gasteiger partial charge in [-0.15, -0.1) is 0 Å². The number of hydrogen-bond donors (Lipinski definition) is 2. The van der Waals surface area contributed by atoms with Crippen LogP contribution in [0.15, 0.2) is 68.6 Å². The van der Waals surface area contributed by atoms with E-state index in [4.69, 9.17) is 28.4 Å². The molecule has 2 N–H and O–H groups in total. The van der Waals surface area contributed by atoms with Gasteiger partial charge in [0.15, 0.2) is 33.0 Å². The van der Waals surface area contributed by atoms with Crippen molar-refractivity contribution in [3.8, 4) is 34.5 Å². The molecule has 0 aliphatic heterocycles. The number of nitrogens with one attached hydrogen (secondary N) is 2. The second kappa shape index (κ2) is 43.4. The molecule has 0 bridgehead atoms. The number of benzene rings is 2. The van der Waals surface area contributed by atoms with Crippen LogP contribution in [0.5, 0.6) is 34.5 Å². The summed E-state index contributed by atoms with van der Waals surface area (Å²) in [5.74, 6) is 3.00. The maximum Gasteiger partial charge on any atom is 0.302 e. The zero-order valence-corrected chi connectivity index (χ0v) is 49.0. The van der Waals surface area contributed by atoms with Gasteiger partial charge in [-0.3, -0.25) is 29.8 Å². The molecule has 4 rings (SSSR count). The highest BCUT2D eigenvalue weighted by molar-refractivity contribution is 8.77. The molecule has 0 amide bonds. The number of rotatable bonds is 22. The normalized spacial score (nSPS) is 10.3. The first-order valence-corrected chi connectivity index (χ1v) is 27.2. The Bertz CT molecular complexity index is 2230. The monoisotopic (exact) mass is 1140 g/mol. The summed E-state index contributed by atoms with van der Waals surface area (Å²) >= 11 is 0. The van der Waals surface area contributed by atoms with Crippen LogP contribution < -0.4 is 39.1 Å². The second-order valence-corrected chi connectivity index (χ2v) is 19.7. The number of hydrogen-bond acceptors (Lipinski definition) is 22. The predicted molar refractivity (Wildman–Crippen MR) is 309 cm³/mol. The molecule has 0 spiro atoms. The van der Waals surface area contributed by atoms with E-state index in [1.807, 2.05) is 0 Å². The standard InChI is InChI=1S/2C19H23N3O6S2.2C3H6O.2C3H8.2CH4/c2*1-11(12(2)23)21-10-13-16(9-15(26-3)18(28-5)17(13)27-4)29-30-19-14(22(24)25)7-6-8-20-19;2*1-3(2)4;2*1-3-2;;/h2*6-9,11,21H,10H2,1-5H3;2*1-2H3;2*3H2,1-2H3;2*1H4. The van der Waals surface area contributed by atoms with Gasteiger partial charge in [-0.05, 0) is 101 Å². The van der Waals surface area contributed by atoms with E-state index in [0.717, 1.165) is 42.5 Å². The smallest absolute Gasteiger partial charge is 0.302 e. The summed E-state index contributed by atoms with van der Waals surface area (Å²) in [6.07, 6.45) is 5.50. The van der Waals surface area contributed by atoms with Gasteiger partial charge in [0.2, 0.25) is 11.5 Å². The molecule has 4 aromatic rings. The average molecular weight is 1140 g/mol. The van der Waals surface area contributed by atoms with Gasteiger partial charge in [0.05, 0.1) is 64.6 Å². The average Bonchev–Trinajstić information content (AvgIpc) is 3.35. The SMILES string of the molecule is C.C.CC(C)=O.CC(C)=O.CCC.CCC.COc1cc(SSc2ncccc2[N+](=O)[O-])c(CNC(C)C(C)=O)c(OC)c1OC.COc1cc(SSc2ncccc2[N+](=O)[O-])c(CNC(C)C(C)=O)c(OC)c1OC. The molecule has 0 aliphatic rings. The molecule has 0 fully saturated rings. The lowest BCUT2D eigenvalue weighted by Crippen LogP contribution is -2.32. The quantitative estimate of drug-likeness (QED) is 0.0421. The van der Waals surface area contributed by atoms with E-state index in [1.54, 1.807) is 26.0 Å². The van der Waals surface area contributed by atoms with Crippen LogP contribution in [0.2, 0.25) is 0 Å². The van der Waals surface area contributed by atoms with Crippen LogP contribution in [0.25, 0.3) is 0 Å². The number of nitro groups is 2. The minimum absolute atomic E-state index is 0. The molecule has 0 saturated heterocycles. The predicted octanol–water partition coefficient (Wildman–Crippen LogP) is 13.1. The van der Waals surface area contributed by atoms with Crippen molar-refractivity contribution in [3.63, 3.8) is 0 Å². The van der Waals surface area contributed by atoms with E-state index in [-0.39, 0.29) is 71.5 Å². The first kappa shape index (κ1) is 76.8. The highest BCUT2D eigenvalue weighted by atomic mass is 33.1. The highest BCUT2D eigenvalue weighted by Gasteiger charge is 2.26. The van der Waals surface area contributed by atoms with E-state index in [1.165, 1.54) is 155 Å². The minimum atomic E-state index is -0.470. The molecule has 0 radical (unpaired) electrons. The number of aromatic nitrogens is 2. The molecule has 20 nitrogen and oxygen atoms in total. The van der Waals surface area contributed by atoms with Crippen molar-refractivity contribution in [2.75, 3.05) is 42.7 Å². The Labute approximate surface area is 466 Å². The van der Waals surface area contributed by atoms with E-state index >= 15 is 0 Å². The van der Waals surface area contributed by atoms with Crippen molar-refractivity contribution >= 4 is 77.7 Å². The second-order valence-electron chi connectivity index (χ2n) is 15.4. The van der Waals surface area contributed by atoms with Gasteiger partial charge >= 0.3 is 11.4 Å². The number of carbonyl (C=O) groups excluding carboxylic acids is 4. The van der Waals surface area contributed by atoms with E-state index < -0.39 is 9.85 Å². The Hall–Kier alpha value is -5.66. The summed E-state index contributed by atoms with van der Waals surface area (Å²) in [6.45, 7) is 21.8. The molecule has 76 heavy (non-hydrogen) atoms.